The summed E-state index contributed by atoms with van der Waals surface area (Å²) in [6.45, 7) is 6.19. The summed E-state index contributed by atoms with van der Waals surface area (Å²) >= 11 is 0. The standard InChI is InChI=1S/C17H31N2O3P/c1-5-16(10-8-9-11-16)18-17(12-14-19(4)15-13-17)23(20,21-6-2)22-7-3/h1,18H,6-15H2,2-4H3. The van der Waals surface area contributed by atoms with E-state index in [0.717, 1.165) is 51.6 Å². The predicted octanol–water partition coefficient (Wildman–Crippen LogP) is 3.21. The zero-order valence-electron chi connectivity index (χ0n) is 14.8. The lowest BCUT2D eigenvalue weighted by atomic mass is 9.94. The van der Waals surface area contributed by atoms with E-state index in [-0.39, 0.29) is 5.54 Å². The summed E-state index contributed by atoms with van der Waals surface area (Å²) in [5.41, 5.74) is -0.375. The first-order valence-electron chi connectivity index (χ1n) is 8.80. The zero-order valence-corrected chi connectivity index (χ0v) is 15.7. The second-order valence-electron chi connectivity index (χ2n) is 6.73. The lowest BCUT2D eigenvalue weighted by Gasteiger charge is -2.48. The van der Waals surface area contributed by atoms with E-state index in [1.807, 2.05) is 13.8 Å². The molecule has 23 heavy (non-hydrogen) atoms. The van der Waals surface area contributed by atoms with E-state index in [1.54, 1.807) is 0 Å². The van der Waals surface area contributed by atoms with Gasteiger partial charge in [0.25, 0.3) is 0 Å². The maximum atomic E-state index is 13.6. The van der Waals surface area contributed by atoms with Crippen molar-refractivity contribution in [3.05, 3.63) is 0 Å². The molecular weight excluding hydrogens is 311 g/mol. The van der Waals surface area contributed by atoms with Gasteiger partial charge in [0.2, 0.25) is 0 Å². The Morgan fingerprint density at radius 1 is 1.13 bits per heavy atom. The van der Waals surface area contributed by atoms with Gasteiger partial charge in [-0.25, -0.2) is 0 Å². The maximum Gasteiger partial charge on any atom is 0.350 e. The van der Waals surface area contributed by atoms with Crippen LogP contribution in [0, 0.1) is 12.3 Å². The van der Waals surface area contributed by atoms with Gasteiger partial charge in [-0.15, -0.1) is 6.42 Å². The monoisotopic (exact) mass is 342 g/mol. The van der Waals surface area contributed by atoms with Crippen molar-refractivity contribution in [1.82, 2.24) is 10.2 Å². The molecule has 0 spiro atoms. The molecule has 0 radical (unpaired) electrons. The predicted molar refractivity (Wildman–Crippen MR) is 93.5 cm³/mol. The number of hydrogen-bond donors (Lipinski definition) is 1. The highest BCUT2D eigenvalue weighted by Crippen LogP contribution is 2.63. The molecule has 0 aromatic carbocycles. The molecule has 2 rings (SSSR count). The SMILES string of the molecule is C#CC1(NC2(P(=O)(OCC)OCC)CCN(C)CC2)CCCC1. The van der Waals surface area contributed by atoms with Gasteiger partial charge in [-0.05, 0) is 46.6 Å². The van der Waals surface area contributed by atoms with Gasteiger partial charge < -0.3 is 13.9 Å². The summed E-state index contributed by atoms with van der Waals surface area (Å²) in [6.07, 6.45) is 11.4. The van der Waals surface area contributed by atoms with Gasteiger partial charge in [-0.3, -0.25) is 9.88 Å². The number of likely N-dealkylation sites (tertiary alicyclic amines) is 1. The van der Waals surface area contributed by atoms with E-state index in [4.69, 9.17) is 15.5 Å². The van der Waals surface area contributed by atoms with Gasteiger partial charge in [-0.2, -0.15) is 0 Å². The number of terminal acetylenes is 1. The highest BCUT2D eigenvalue weighted by Gasteiger charge is 2.55. The normalized spacial score (nSPS) is 24.4. The van der Waals surface area contributed by atoms with Crippen LogP contribution in [-0.4, -0.2) is 49.1 Å². The molecule has 2 fully saturated rings. The molecule has 2 aliphatic rings. The number of rotatable bonds is 7. The van der Waals surface area contributed by atoms with E-state index in [9.17, 15) is 4.57 Å². The Kier molecular flexibility index (Phi) is 6.33. The van der Waals surface area contributed by atoms with Crippen LogP contribution < -0.4 is 5.32 Å². The Morgan fingerprint density at radius 2 is 1.65 bits per heavy atom. The summed E-state index contributed by atoms with van der Waals surface area (Å²) in [7, 11) is -1.21. The van der Waals surface area contributed by atoms with E-state index in [1.165, 1.54) is 0 Å². The van der Waals surface area contributed by atoms with E-state index >= 15 is 0 Å². The van der Waals surface area contributed by atoms with Crippen LogP contribution in [0.1, 0.15) is 52.4 Å². The van der Waals surface area contributed by atoms with Gasteiger partial charge in [0, 0.05) is 13.1 Å². The number of piperidine rings is 1. The van der Waals surface area contributed by atoms with Crippen molar-refractivity contribution in [2.24, 2.45) is 0 Å². The van der Waals surface area contributed by atoms with Crippen molar-refractivity contribution in [2.75, 3.05) is 33.4 Å². The third-order valence-electron chi connectivity index (χ3n) is 5.14. The van der Waals surface area contributed by atoms with Gasteiger partial charge in [0.1, 0.15) is 5.28 Å². The Hall–Kier alpha value is -0.370. The quantitative estimate of drug-likeness (QED) is 0.569. The molecule has 0 aromatic rings. The van der Waals surface area contributed by atoms with Crippen molar-refractivity contribution in [2.45, 2.75) is 63.2 Å². The molecule has 5 nitrogen and oxygen atoms in total. The number of nitrogens with one attached hydrogen (secondary N) is 1. The minimum absolute atomic E-state index is 0.375. The fraction of sp³-hybridized carbons (Fsp3) is 0.882. The molecule has 0 aromatic heterocycles. The highest BCUT2D eigenvalue weighted by molar-refractivity contribution is 7.55. The van der Waals surface area contributed by atoms with Crippen molar-refractivity contribution in [1.29, 1.82) is 0 Å². The van der Waals surface area contributed by atoms with E-state index in [0.29, 0.717) is 13.2 Å². The molecule has 0 atom stereocenters. The van der Waals surface area contributed by atoms with Crippen LogP contribution in [0.5, 0.6) is 0 Å². The lowest BCUT2D eigenvalue weighted by Crippen LogP contribution is -2.60. The molecule has 1 aliphatic carbocycles. The second-order valence-corrected chi connectivity index (χ2v) is 9.09. The molecule has 1 aliphatic heterocycles. The second kappa shape index (κ2) is 7.68. The van der Waals surface area contributed by atoms with Crippen molar-refractivity contribution in [3.8, 4) is 12.3 Å². The van der Waals surface area contributed by atoms with Crippen LogP contribution in [0.3, 0.4) is 0 Å². The molecule has 6 heteroatoms. The lowest BCUT2D eigenvalue weighted by molar-refractivity contribution is 0.126. The minimum Gasteiger partial charge on any atom is -0.308 e. The van der Waals surface area contributed by atoms with Crippen LogP contribution in [0.15, 0.2) is 0 Å². The summed E-state index contributed by atoms with van der Waals surface area (Å²) in [5.74, 6) is 2.96. The van der Waals surface area contributed by atoms with Gasteiger partial charge >= 0.3 is 7.60 Å². The summed E-state index contributed by atoms with van der Waals surface area (Å²) in [6, 6.07) is 0. The van der Waals surface area contributed by atoms with Gasteiger partial charge in [-0.1, -0.05) is 18.8 Å². The molecule has 1 saturated heterocycles. The topological polar surface area (TPSA) is 50.8 Å². The van der Waals surface area contributed by atoms with Crippen molar-refractivity contribution in [3.63, 3.8) is 0 Å². The first-order chi connectivity index (χ1) is 10.9. The van der Waals surface area contributed by atoms with Crippen molar-refractivity contribution < 1.29 is 13.6 Å². The van der Waals surface area contributed by atoms with Gasteiger partial charge in [0.05, 0.1) is 18.8 Å². The Bertz CT molecular complexity index is 465. The first kappa shape index (κ1) is 19.0. The maximum absolute atomic E-state index is 13.6. The molecule has 1 saturated carbocycles. The highest BCUT2D eigenvalue weighted by atomic mass is 31.2. The smallest absolute Gasteiger partial charge is 0.308 e. The Morgan fingerprint density at radius 3 is 2.09 bits per heavy atom. The molecule has 1 N–H and O–H groups in total. The van der Waals surface area contributed by atoms with Crippen LogP contribution in [0.4, 0.5) is 0 Å². The molecular formula is C17H31N2O3P. The Labute approximate surface area is 141 Å². The van der Waals surface area contributed by atoms with Crippen LogP contribution >= 0.6 is 7.60 Å². The molecule has 0 amide bonds. The Balaban J connectivity index is 2.35. The van der Waals surface area contributed by atoms with Crippen LogP contribution in [0.25, 0.3) is 0 Å². The molecule has 0 bridgehead atoms. The fourth-order valence-electron chi connectivity index (χ4n) is 3.81. The van der Waals surface area contributed by atoms with Gasteiger partial charge in [0.15, 0.2) is 0 Å². The molecule has 1 heterocycles. The average molecular weight is 342 g/mol. The zero-order chi connectivity index (χ0) is 17.0. The molecule has 0 unspecified atom stereocenters. The number of nitrogens with zero attached hydrogens (tertiary/aromatic N) is 1. The third kappa shape index (κ3) is 3.83. The van der Waals surface area contributed by atoms with Crippen LogP contribution in [0.2, 0.25) is 0 Å². The van der Waals surface area contributed by atoms with E-state index < -0.39 is 12.9 Å². The largest absolute Gasteiger partial charge is 0.350 e. The fourth-order valence-corrected chi connectivity index (χ4v) is 6.16. The summed E-state index contributed by atoms with van der Waals surface area (Å²) < 4.78 is 25.1. The van der Waals surface area contributed by atoms with Crippen LogP contribution in [-0.2, 0) is 13.6 Å². The van der Waals surface area contributed by atoms with Crippen molar-refractivity contribution >= 4 is 7.60 Å². The average Bonchev–Trinajstić information content (AvgIpc) is 2.99. The minimum atomic E-state index is -3.29. The number of hydrogen-bond acceptors (Lipinski definition) is 5. The first-order valence-corrected chi connectivity index (χ1v) is 10.3. The molecule has 132 valence electrons. The third-order valence-corrected chi connectivity index (χ3v) is 7.95. The van der Waals surface area contributed by atoms with E-state index in [2.05, 4.69) is 23.2 Å². The summed E-state index contributed by atoms with van der Waals surface area (Å²) in [5, 5.41) is 2.97. The summed E-state index contributed by atoms with van der Waals surface area (Å²) in [4.78, 5) is 2.25.